The van der Waals surface area contributed by atoms with Gasteiger partial charge >= 0.3 is 0 Å². The Kier molecular flexibility index (Phi) is 8.87. The zero-order chi connectivity index (χ0) is 39.8. The number of anilines is 3. The van der Waals surface area contributed by atoms with Crippen LogP contribution in [0, 0.1) is 0 Å². The summed E-state index contributed by atoms with van der Waals surface area (Å²) in [6.07, 6.45) is 0. The van der Waals surface area contributed by atoms with E-state index in [-0.39, 0.29) is 0 Å². The van der Waals surface area contributed by atoms with E-state index in [1.165, 1.54) is 82.8 Å². The van der Waals surface area contributed by atoms with Crippen LogP contribution < -0.4 is 4.90 Å². The summed E-state index contributed by atoms with van der Waals surface area (Å²) < 4.78 is 2.36. The molecule has 11 rings (SSSR count). The fourth-order valence-corrected chi connectivity index (χ4v) is 8.79. The van der Waals surface area contributed by atoms with Gasteiger partial charge in [-0.15, -0.1) is 0 Å². The molecule has 0 bridgehead atoms. The van der Waals surface area contributed by atoms with Gasteiger partial charge in [-0.1, -0.05) is 182 Å². The largest absolute Gasteiger partial charge is 0.310 e. The van der Waals surface area contributed by atoms with Crippen molar-refractivity contribution in [2.45, 2.75) is 0 Å². The Morgan fingerprint density at radius 3 is 1.28 bits per heavy atom. The van der Waals surface area contributed by atoms with Crippen LogP contribution in [0.15, 0.2) is 243 Å². The summed E-state index contributed by atoms with van der Waals surface area (Å²) in [5, 5.41) is 4.95. The van der Waals surface area contributed by atoms with Crippen molar-refractivity contribution in [3.63, 3.8) is 0 Å². The molecule has 0 fully saturated rings. The minimum Gasteiger partial charge on any atom is -0.310 e. The van der Waals surface area contributed by atoms with Crippen LogP contribution in [0.4, 0.5) is 17.1 Å². The van der Waals surface area contributed by atoms with E-state index in [2.05, 4.69) is 252 Å². The molecular weight excluding hydrogens is 725 g/mol. The zero-order valence-electron chi connectivity index (χ0n) is 33.0. The van der Waals surface area contributed by atoms with Crippen LogP contribution in [-0.4, -0.2) is 4.57 Å². The molecule has 0 amide bonds. The second-order valence-corrected chi connectivity index (χ2v) is 15.4. The molecule has 2 heteroatoms. The highest BCUT2D eigenvalue weighted by Gasteiger charge is 2.17. The third-order valence-corrected chi connectivity index (χ3v) is 11.8. The predicted octanol–water partition coefficient (Wildman–Crippen LogP) is 16.1. The molecule has 0 saturated carbocycles. The van der Waals surface area contributed by atoms with Gasteiger partial charge in [0.15, 0.2) is 0 Å². The Morgan fingerprint density at radius 1 is 0.267 bits per heavy atom. The molecule has 0 aliphatic heterocycles. The van der Waals surface area contributed by atoms with Crippen LogP contribution in [0.1, 0.15) is 0 Å². The minimum absolute atomic E-state index is 1.11. The Labute approximate surface area is 350 Å². The maximum Gasteiger partial charge on any atom is 0.0541 e. The second kappa shape index (κ2) is 15.1. The summed E-state index contributed by atoms with van der Waals surface area (Å²) in [5.74, 6) is 0. The van der Waals surface area contributed by atoms with Gasteiger partial charge in [0.25, 0.3) is 0 Å². The first-order valence-corrected chi connectivity index (χ1v) is 20.6. The topological polar surface area (TPSA) is 8.17 Å². The Balaban J connectivity index is 0.904. The normalized spacial score (nSPS) is 11.3. The molecule has 2 nitrogen and oxygen atoms in total. The first-order chi connectivity index (χ1) is 29.7. The van der Waals surface area contributed by atoms with Gasteiger partial charge in [-0.05, 0) is 111 Å². The van der Waals surface area contributed by atoms with Crippen LogP contribution in [-0.2, 0) is 0 Å². The lowest BCUT2D eigenvalue weighted by Gasteiger charge is -2.27. The van der Waals surface area contributed by atoms with Gasteiger partial charge in [0.2, 0.25) is 0 Å². The first kappa shape index (κ1) is 35.2. The van der Waals surface area contributed by atoms with Crippen LogP contribution in [0.5, 0.6) is 0 Å². The number of rotatable bonds is 8. The number of hydrogen-bond donors (Lipinski definition) is 0. The van der Waals surface area contributed by atoms with Crippen LogP contribution in [0.3, 0.4) is 0 Å². The SMILES string of the molecule is c1ccc(-c2ccc(-c3ccc(N(c4ccc(-c5ccc(-c6ccc7c(c6)c6ccccc6n7-c6ccccc6)cc5)cc4)c4cccc5ccccc45)cc3)cc2)cc1. The van der Waals surface area contributed by atoms with E-state index in [0.29, 0.717) is 0 Å². The van der Waals surface area contributed by atoms with Gasteiger partial charge in [-0.25, -0.2) is 0 Å². The molecule has 0 aliphatic carbocycles. The number of aromatic nitrogens is 1. The Bertz CT molecular complexity index is 3250. The van der Waals surface area contributed by atoms with Crippen molar-refractivity contribution >= 4 is 49.6 Å². The number of hydrogen-bond acceptors (Lipinski definition) is 1. The minimum atomic E-state index is 1.11. The van der Waals surface area contributed by atoms with E-state index in [1.807, 2.05) is 0 Å². The average molecular weight is 765 g/mol. The van der Waals surface area contributed by atoms with Crippen molar-refractivity contribution < 1.29 is 0 Å². The molecule has 0 atom stereocenters. The summed E-state index contributed by atoms with van der Waals surface area (Å²) in [6.45, 7) is 0. The maximum atomic E-state index is 2.38. The third kappa shape index (κ3) is 6.41. The highest BCUT2D eigenvalue weighted by atomic mass is 15.1. The highest BCUT2D eigenvalue weighted by molar-refractivity contribution is 6.10. The molecule has 1 heterocycles. The van der Waals surface area contributed by atoms with Gasteiger partial charge in [0.05, 0.1) is 16.7 Å². The van der Waals surface area contributed by atoms with Gasteiger partial charge in [0.1, 0.15) is 0 Å². The fraction of sp³-hybridized carbons (Fsp3) is 0. The maximum absolute atomic E-state index is 2.38. The predicted molar refractivity (Wildman–Crippen MR) is 255 cm³/mol. The molecule has 0 unspecified atom stereocenters. The quantitative estimate of drug-likeness (QED) is 0.150. The summed E-state index contributed by atoms with van der Waals surface area (Å²) in [5.41, 5.74) is 16.6. The molecule has 0 aliphatic rings. The molecule has 0 saturated heterocycles. The molecule has 0 radical (unpaired) electrons. The van der Waals surface area contributed by atoms with Gasteiger partial charge < -0.3 is 9.47 Å². The Morgan fingerprint density at radius 2 is 0.683 bits per heavy atom. The molecule has 0 N–H and O–H groups in total. The van der Waals surface area contributed by atoms with Crippen LogP contribution in [0.25, 0.3) is 82.8 Å². The number of benzene rings is 10. The van der Waals surface area contributed by atoms with Gasteiger partial charge in [-0.3, -0.25) is 0 Å². The van der Waals surface area contributed by atoms with E-state index in [0.717, 1.165) is 17.1 Å². The standard InChI is InChI=1S/C58H40N2/c1-3-12-41(13-4-1)42-22-24-43(25-23-42)45-30-35-51(36-31-45)59(56-21-11-15-48-14-7-8-18-53(48)56)52-37-32-46(33-38-52)44-26-28-47(29-27-44)49-34-39-58-55(40-49)54-19-9-10-20-57(54)60(58)50-16-5-2-6-17-50/h1-40H. The van der Waals surface area contributed by atoms with E-state index in [4.69, 9.17) is 0 Å². The van der Waals surface area contributed by atoms with E-state index in [9.17, 15) is 0 Å². The zero-order valence-corrected chi connectivity index (χ0v) is 33.0. The van der Waals surface area contributed by atoms with Gasteiger partial charge in [-0.2, -0.15) is 0 Å². The van der Waals surface area contributed by atoms with Crippen LogP contribution in [0.2, 0.25) is 0 Å². The van der Waals surface area contributed by atoms with Gasteiger partial charge in [0, 0.05) is 33.2 Å². The van der Waals surface area contributed by atoms with Crippen molar-refractivity contribution in [1.82, 2.24) is 4.57 Å². The monoisotopic (exact) mass is 764 g/mol. The summed E-state index contributed by atoms with van der Waals surface area (Å²) in [7, 11) is 0. The lowest BCUT2D eigenvalue weighted by molar-refractivity contribution is 1.18. The van der Waals surface area contributed by atoms with Crippen molar-refractivity contribution in [2.24, 2.45) is 0 Å². The molecule has 0 spiro atoms. The summed E-state index contributed by atoms with van der Waals surface area (Å²) in [4.78, 5) is 2.38. The highest BCUT2D eigenvalue weighted by Crippen LogP contribution is 2.41. The van der Waals surface area contributed by atoms with Crippen molar-refractivity contribution in [3.05, 3.63) is 243 Å². The molecular formula is C58H40N2. The van der Waals surface area contributed by atoms with Crippen molar-refractivity contribution in [2.75, 3.05) is 4.90 Å². The fourth-order valence-electron chi connectivity index (χ4n) is 8.79. The molecule has 11 aromatic rings. The molecule has 10 aromatic carbocycles. The van der Waals surface area contributed by atoms with Crippen molar-refractivity contribution in [1.29, 1.82) is 0 Å². The summed E-state index contributed by atoms with van der Waals surface area (Å²) >= 11 is 0. The van der Waals surface area contributed by atoms with Crippen LogP contribution >= 0.6 is 0 Å². The lowest BCUT2D eigenvalue weighted by atomic mass is 9.98. The summed E-state index contributed by atoms with van der Waals surface area (Å²) in [6, 6.07) is 87.7. The third-order valence-electron chi connectivity index (χ3n) is 11.8. The van der Waals surface area contributed by atoms with Crippen molar-refractivity contribution in [3.8, 4) is 50.2 Å². The smallest absolute Gasteiger partial charge is 0.0541 e. The van der Waals surface area contributed by atoms with E-state index in [1.54, 1.807) is 0 Å². The molecule has 282 valence electrons. The second-order valence-electron chi connectivity index (χ2n) is 15.4. The lowest BCUT2D eigenvalue weighted by Crippen LogP contribution is -2.10. The molecule has 60 heavy (non-hydrogen) atoms. The number of para-hydroxylation sites is 2. The van der Waals surface area contributed by atoms with E-state index < -0.39 is 0 Å². The number of nitrogens with zero attached hydrogens (tertiary/aromatic N) is 2. The van der Waals surface area contributed by atoms with E-state index >= 15 is 0 Å². The average Bonchev–Trinajstić information content (AvgIpc) is 3.67. The molecule has 1 aromatic heterocycles. The Hall–Kier alpha value is -7.94. The first-order valence-electron chi connectivity index (χ1n) is 20.6. The number of fused-ring (bicyclic) bond motifs is 4.